The first-order valence-corrected chi connectivity index (χ1v) is 11.4. The van der Waals surface area contributed by atoms with Gasteiger partial charge in [0.2, 0.25) is 0 Å². The van der Waals surface area contributed by atoms with E-state index in [9.17, 15) is 13.2 Å². The molecular weight excluding hydrogens is 451 g/mol. The van der Waals surface area contributed by atoms with Gasteiger partial charge in [-0.25, -0.2) is 4.79 Å². The summed E-state index contributed by atoms with van der Waals surface area (Å²) in [6, 6.07) is 9.38. The molecule has 0 amide bonds. The van der Waals surface area contributed by atoms with Crippen LogP contribution in [0.2, 0.25) is 0 Å². The molecular formula is C23H28F3N5O3. The molecule has 4 aliphatic rings. The predicted molar refractivity (Wildman–Crippen MR) is 121 cm³/mol. The van der Waals surface area contributed by atoms with Crippen molar-refractivity contribution in [3.05, 3.63) is 35.9 Å². The quantitative estimate of drug-likeness (QED) is 0.685. The minimum Gasteiger partial charge on any atom is -0.490 e. The third-order valence-corrected chi connectivity index (χ3v) is 6.40. The highest BCUT2D eigenvalue weighted by atomic mass is 19.4. The van der Waals surface area contributed by atoms with Gasteiger partial charge in [-0.1, -0.05) is 12.8 Å². The molecule has 1 aliphatic carbocycles. The third kappa shape index (κ3) is 6.07. The summed E-state index contributed by atoms with van der Waals surface area (Å²) in [7, 11) is 0. The summed E-state index contributed by atoms with van der Waals surface area (Å²) >= 11 is 0. The molecule has 1 aromatic rings. The average molecular weight is 480 g/mol. The molecule has 0 spiro atoms. The maximum absolute atomic E-state index is 10.6. The first-order chi connectivity index (χ1) is 16.3. The summed E-state index contributed by atoms with van der Waals surface area (Å²) in [6.07, 6.45) is 8.86. The highest BCUT2D eigenvalue weighted by molar-refractivity contribution is 5.82. The van der Waals surface area contributed by atoms with Crippen LogP contribution in [0.25, 0.3) is 5.70 Å². The molecule has 1 unspecified atom stereocenters. The van der Waals surface area contributed by atoms with Crippen LogP contribution in [0.5, 0.6) is 5.75 Å². The fraction of sp³-hybridized carbons (Fsp3) is 0.522. The zero-order valence-electron chi connectivity index (χ0n) is 18.6. The maximum Gasteiger partial charge on any atom is 0.490 e. The molecule has 11 heteroatoms. The number of benzene rings is 1. The number of likely N-dealkylation sites (tertiary alicyclic amines) is 1. The number of hydrogen-bond donors (Lipinski definition) is 2. The number of carbonyl (C=O) groups is 1. The lowest BCUT2D eigenvalue weighted by atomic mass is 10.0. The van der Waals surface area contributed by atoms with Gasteiger partial charge < -0.3 is 14.7 Å². The summed E-state index contributed by atoms with van der Waals surface area (Å²) in [5.74, 6) is -1.79. The molecule has 1 aromatic carbocycles. The van der Waals surface area contributed by atoms with Crippen LogP contribution in [0, 0.1) is 0 Å². The van der Waals surface area contributed by atoms with Crippen LogP contribution in [-0.2, 0) is 4.79 Å². The molecule has 1 saturated heterocycles. The van der Waals surface area contributed by atoms with Gasteiger partial charge in [0.05, 0.1) is 11.9 Å². The van der Waals surface area contributed by atoms with E-state index in [1.54, 1.807) is 6.34 Å². The van der Waals surface area contributed by atoms with Crippen molar-refractivity contribution < 1.29 is 27.8 Å². The Hall–Kier alpha value is -3.08. The number of nitrogens with zero attached hydrogens (tertiary/aromatic N) is 4. The monoisotopic (exact) mass is 479 g/mol. The van der Waals surface area contributed by atoms with Crippen LogP contribution in [0.3, 0.4) is 0 Å². The van der Waals surface area contributed by atoms with E-state index < -0.39 is 12.1 Å². The molecule has 0 bridgehead atoms. The van der Waals surface area contributed by atoms with Crippen LogP contribution in [0.1, 0.15) is 44.1 Å². The Morgan fingerprint density at radius 2 is 1.71 bits per heavy atom. The Morgan fingerprint density at radius 1 is 1.06 bits per heavy atom. The number of hydrazine groups is 1. The number of alkyl halides is 3. The van der Waals surface area contributed by atoms with Gasteiger partial charge in [-0.2, -0.15) is 18.3 Å². The number of hydrogen-bond acceptors (Lipinski definition) is 7. The van der Waals surface area contributed by atoms with E-state index in [2.05, 4.69) is 50.9 Å². The Bertz CT molecular complexity index is 934. The Kier molecular flexibility index (Phi) is 7.40. The van der Waals surface area contributed by atoms with E-state index in [1.165, 1.54) is 38.8 Å². The molecule has 184 valence electrons. The summed E-state index contributed by atoms with van der Waals surface area (Å²) in [4.78, 5) is 11.6. The van der Waals surface area contributed by atoms with Crippen LogP contribution in [0.4, 0.5) is 13.2 Å². The summed E-state index contributed by atoms with van der Waals surface area (Å²) < 4.78 is 38.0. The molecule has 1 saturated carbocycles. The molecule has 0 radical (unpaired) electrons. The SMILES string of the molecule is C1=NN=CN2NC(c3ccc(OC4CCN(C5CCCC5)CC4)cc3)=CC12.O=C(O)C(F)(F)F. The van der Waals surface area contributed by atoms with Gasteiger partial charge in [-0.15, -0.1) is 5.10 Å². The molecule has 3 heterocycles. The van der Waals surface area contributed by atoms with Crippen LogP contribution in [-0.4, -0.2) is 71.0 Å². The van der Waals surface area contributed by atoms with Gasteiger partial charge in [0.15, 0.2) is 0 Å². The second-order valence-electron chi connectivity index (χ2n) is 8.70. The van der Waals surface area contributed by atoms with Crippen molar-refractivity contribution in [2.45, 2.75) is 62.9 Å². The van der Waals surface area contributed by atoms with E-state index in [-0.39, 0.29) is 6.04 Å². The Morgan fingerprint density at radius 3 is 2.29 bits per heavy atom. The number of carboxylic acids is 1. The van der Waals surface area contributed by atoms with E-state index in [1.807, 2.05) is 11.2 Å². The largest absolute Gasteiger partial charge is 0.490 e. The standard InChI is InChI=1S/C21H27N5O.C2HF3O2/c1-2-4-17(3-1)25-11-9-20(10-12-25)27-19-7-5-16(6-8-19)21-13-18-14-22-23-15-26(18)24-21;3-2(4,5)1(6)7/h5-8,13-15,17-18,20,24H,1-4,9-12H2;(H,6,7). The van der Waals surface area contributed by atoms with Gasteiger partial charge in [-0.05, 0) is 61.6 Å². The van der Waals surface area contributed by atoms with Crippen molar-refractivity contribution >= 4 is 24.2 Å². The molecule has 2 fully saturated rings. The molecule has 2 N–H and O–H groups in total. The fourth-order valence-corrected chi connectivity index (χ4v) is 4.61. The Labute approximate surface area is 195 Å². The van der Waals surface area contributed by atoms with Crippen molar-refractivity contribution in [1.82, 2.24) is 15.3 Å². The van der Waals surface area contributed by atoms with E-state index in [0.29, 0.717) is 6.10 Å². The predicted octanol–water partition coefficient (Wildman–Crippen LogP) is 3.66. The third-order valence-electron chi connectivity index (χ3n) is 6.40. The number of rotatable bonds is 4. The van der Waals surface area contributed by atoms with Crippen LogP contribution in [0.15, 0.2) is 40.5 Å². The molecule has 3 aliphatic heterocycles. The minimum atomic E-state index is -5.08. The van der Waals surface area contributed by atoms with Gasteiger partial charge in [-0.3, -0.25) is 10.4 Å². The lowest BCUT2D eigenvalue weighted by Crippen LogP contribution is -2.43. The summed E-state index contributed by atoms with van der Waals surface area (Å²) in [5.41, 5.74) is 5.58. The van der Waals surface area contributed by atoms with E-state index in [0.717, 1.165) is 35.9 Å². The highest BCUT2D eigenvalue weighted by Crippen LogP contribution is 2.28. The van der Waals surface area contributed by atoms with Crippen molar-refractivity contribution in [3.63, 3.8) is 0 Å². The normalized spacial score (nSPS) is 23.1. The zero-order chi connectivity index (χ0) is 24.1. The van der Waals surface area contributed by atoms with Crippen molar-refractivity contribution in [1.29, 1.82) is 0 Å². The average Bonchev–Trinajstić information content (AvgIpc) is 3.50. The topological polar surface area (TPSA) is 89.8 Å². The first-order valence-electron chi connectivity index (χ1n) is 11.4. The second kappa shape index (κ2) is 10.5. The number of piperidine rings is 1. The number of fused-ring (bicyclic) bond motifs is 1. The highest BCUT2D eigenvalue weighted by Gasteiger charge is 2.38. The number of aliphatic carboxylic acids is 1. The van der Waals surface area contributed by atoms with E-state index >= 15 is 0 Å². The number of carboxylic acid groups (broad SMARTS) is 1. The molecule has 1 atom stereocenters. The first kappa shape index (κ1) is 24.1. The molecule has 0 aromatic heterocycles. The molecule has 34 heavy (non-hydrogen) atoms. The van der Waals surface area contributed by atoms with Crippen LogP contribution >= 0.6 is 0 Å². The molecule has 8 nitrogen and oxygen atoms in total. The lowest BCUT2D eigenvalue weighted by molar-refractivity contribution is -0.192. The van der Waals surface area contributed by atoms with E-state index in [4.69, 9.17) is 14.6 Å². The number of halogens is 3. The van der Waals surface area contributed by atoms with Gasteiger partial charge in [0.25, 0.3) is 0 Å². The number of nitrogens with one attached hydrogen (secondary N) is 1. The smallest absolute Gasteiger partial charge is 0.490 e. The van der Waals surface area contributed by atoms with Crippen LogP contribution < -0.4 is 10.2 Å². The fourth-order valence-electron chi connectivity index (χ4n) is 4.61. The maximum atomic E-state index is 10.6. The summed E-state index contributed by atoms with van der Waals surface area (Å²) in [6.45, 7) is 2.37. The molecule has 5 rings (SSSR count). The van der Waals surface area contributed by atoms with Gasteiger partial charge in [0.1, 0.15) is 24.2 Å². The van der Waals surface area contributed by atoms with Crippen molar-refractivity contribution in [3.8, 4) is 5.75 Å². The second-order valence-corrected chi connectivity index (χ2v) is 8.70. The van der Waals surface area contributed by atoms with Gasteiger partial charge in [0, 0.05) is 19.1 Å². The Balaban J connectivity index is 0.000000344. The number of ether oxygens (including phenoxy) is 1. The van der Waals surface area contributed by atoms with Crippen molar-refractivity contribution in [2.75, 3.05) is 13.1 Å². The minimum absolute atomic E-state index is 0.137. The van der Waals surface area contributed by atoms with Gasteiger partial charge >= 0.3 is 12.1 Å². The summed E-state index contributed by atoms with van der Waals surface area (Å²) in [5, 5.41) is 16.9. The lowest BCUT2D eigenvalue weighted by Gasteiger charge is -2.36. The van der Waals surface area contributed by atoms with Crippen molar-refractivity contribution in [2.24, 2.45) is 10.2 Å². The zero-order valence-corrected chi connectivity index (χ0v) is 18.6.